The number of nitrogens with zero attached hydrogens (tertiary/aromatic N) is 3. The van der Waals surface area contributed by atoms with Crippen molar-refractivity contribution in [2.45, 2.75) is 19.5 Å². The molecule has 0 bridgehead atoms. The van der Waals surface area contributed by atoms with Crippen molar-refractivity contribution >= 4 is 17.2 Å². The lowest BCUT2D eigenvalue weighted by Gasteiger charge is -2.41. The first-order valence-corrected chi connectivity index (χ1v) is 8.56. The second kappa shape index (κ2) is 7.10. The molecule has 1 aromatic heterocycles. The fraction of sp³-hybridized carbons (Fsp3) is 0.412. The van der Waals surface area contributed by atoms with E-state index in [1.165, 1.54) is 10.4 Å². The number of aromatic nitrogens is 1. The number of hydrogen-bond acceptors (Lipinski definition) is 5. The molecule has 0 spiro atoms. The van der Waals surface area contributed by atoms with E-state index in [4.69, 9.17) is 4.74 Å². The summed E-state index contributed by atoms with van der Waals surface area (Å²) >= 11 is 1.67. The lowest BCUT2D eigenvalue weighted by molar-refractivity contribution is -0.132. The summed E-state index contributed by atoms with van der Waals surface area (Å²) in [5.41, 5.74) is 3.07. The van der Waals surface area contributed by atoms with Crippen molar-refractivity contribution in [2.75, 3.05) is 26.7 Å². The molecule has 5 nitrogen and oxygen atoms in total. The van der Waals surface area contributed by atoms with Gasteiger partial charge in [0.25, 0.3) is 0 Å². The lowest BCUT2D eigenvalue weighted by Crippen LogP contribution is -2.49. The van der Waals surface area contributed by atoms with E-state index >= 15 is 0 Å². The number of thiazole rings is 1. The van der Waals surface area contributed by atoms with Gasteiger partial charge < -0.3 is 9.64 Å². The van der Waals surface area contributed by atoms with Crippen molar-refractivity contribution < 1.29 is 9.53 Å². The molecule has 1 atom stereocenters. The first kappa shape index (κ1) is 16.0. The predicted octanol–water partition coefficient (Wildman–Crippen LogP) is 2.56. The number of carbonyl (C=O) groups is 1. The summed E-state index contributed by atoms with van der Waals surface area (Å²) < 4.78 is 5.24. The standard InChI is InChI=1S/C17H21N3O2S/c1-13(21)19-7-8-20(10-16-9-18-12-23-16)17(11-19)14-3-5-15(22-2)6-4-14/h3-6,9,12,17H,7-8,10-11H2,1-2H3. The molecule has 3 rings (SSSR count). The Hall–Kier alpha value is -1.92. The maximum Gasteiger partial charge on any atom is 0.219 e. The molecule has 2 aromatic rings. The van der Waals surface area contributed by atoms with Crippen LogP contribution in [0.3, 0.4) is 0 Å². The summed E-state index contributed by atoms with van der Waals surface area (Å²) in [7, 11) is 1.67. The largest absolute Gasteiger partial charge is 0.497 e. The SMILES string of the molecule is COc1ccc(C2CN(C(C)=O)CCN2Cc2cncs2)cc1. The molecule has 1 aliphatic heterocycles. The number of hydrogen-bond donors (Lipinski definition) is 0. The van der Waals surface area contributed by atoms with E-state index in [1.807, 2.05) is 28.7 Å². The minimum atomic E-state index is 0.140. The molecule has 6 heteroatoms. The van der Waals surface area contributed by atoms with Crippen LogP contribution in [0, 0.1) is 0 Å². The molecule has 0 saturated carbocycles. The van der Waals surface area contributed by atoms with Crippen LogP contribution in [-0.2, 0) is 11.3 Å². The molecule has 1 fully saturated rings. The number of benzene rings is 1. The van der Waals surface area contributed by atoms with Gasteiger partial charge in [-0.2, -0.15) is 0 Å². The average molecular weight is 331 g/mol. The molecular formula is C17H21N3O2S. The second-order valence-electron chi connectivity index (χ2n) is 5.69. The van der Waals surface area contributed by atoms with Crippen molar-refractivity contribution in [1.82, 2.24) is 14.8 Å². The second-order valence-corrected chi connectivity index (χ2v) is 6.66. The van der Waals surface area contributed by atoms with Crippen LogP contribution in [0.5, 0.6) is 5.75 Å². The van der Waals surface area contributed by atoms with E-state index in [2.05, 4.69) is 22.0 Å². The Morgan fingerprint density at radius 3 is 2.74 bits per heavy atom. The number of amides is 1. The molecular weight excluding hydrogens is 310 g/mol. The first-order chi connectivity index (χ1) is 11.2. The Kier molecular flexibility index (Phi) is 4.93. The Bertz CT molecular complexity index is 642. The van der Waals surface area contributed by atoms with Gasteiger partial charge in [0.2, 0.25) is 5.91 Å². The monoisotopic (exact) mass is 331 g/mol. The van der Waals surface area contributed by atoms with Gasteiger partial charge in [-0.15, -0.1) is 11.3 Å². The molecule has 0 radical (unpaired) electrons. The van der Waals surface area contributed by atoms with E-state index in [9.17, 15) is 4.79 Å². The molecule has 1 aromatic carbocycles. The Morgan fingerprint density at radius 2 is 2.13 bits per heavy atom. The van der Waals surface area contributed by atoms with Gasteiger partial charge >= 0.3 is 0 Å². The van der Waals surface area contributed by atoms with E-state index in [0.717, 1.165) is 31.9 Å². The third-order valence-electron chi connectivity index (χ3n) is 4.28. The quantitative estimate of drug-likeness (QED) is 0.864. The fourth-order valence-corrected chi connectivity index (χ4v) is 3.58. The van der Waals surface area contributed by atoms with Gasteiger partial charge in [-0.05, 0) is 17.7 Å². The Labute approximate surface area is 140 Å². The van der Waals surface area contributed by atoms with Crippen LogP contribution in [0.2, 0.25) is 0 Å². The maximum absolute atomic E-state index is 11.8. The van der Waals surface area contributed by atoms with Crippen LogP contribution < -0.4 is 4.74 Å². The average Bonchev–Trinajstić information content (AvgIpc) is 3.08. The van der Waals surface area contributed by atoms with Crippen molar-refractivity contribution in [2.24, 2.45) is 0 Å². The Balaban J connectivity index is 1.82. The summed E-state index contributed by atoms with van der Waals surface area (Å²) in [6.45, 7) is 4.88. The number of rotatable bonds is 4. The smallest absolute Gasteiger partial charge is 0.219 e. The highest BCUT2D eigenvalue weighted by molar-refractivity contribution is 7.09. The summed E-state index contributed by atoms with van der Waals surface area (Å²) in [5, 5.41) is 0. The highest BCUT2D eigenvalue weighted by Crippen LogP contribution is 2.29. The molecule has 1 unspecified atom stereocenters. The minimum absolute atomic E-state index is 0.140. The minimum Gasteiger partial charge on any atom is -0.497 e. The molecule has 2 heterocycles. The molecule has 1 saturated heterocycles. The zero-order valence-electron chi connectivity index (χ0n) is 13.4. The van der Waals surface area contributed by atoms with Gasteiger partial charge in [-0.25, -0.2) is 0 Å². The van der Waals surface area contributed by atoms with Gasteiger partial charge in [-0.1, -0.05) is 12.1 Å². The van der Waals surface area contributed by atoms with Gasteiger partial charge in [0.1, 0.15) is 5.75 Å². The molecule has 1 aliphatic rings. The molecule has 1 amide bonds. The van der Waals surface area contributed by atoms with E-state index in [1.54, 1.807) is 25.4 Å². The zero-order valence-corrected chi connectivity index (χ0v) is 14.3. The van der Waals surface area contributed by atoms with E-state index in [0.29, 0.717) is 0 Å². The van der Waals surface area contributed by atoms with Crippen molar-refractivity contribution in [3.63, 3.8) is 0 Å². The van der Waals surface area contributed by atoms with Crippen LogP contribution >= 0.6 is 11.3 Å². The number of methoxy groups -OCH3 is 1. The van der Waals surface area contributed by atoms with Crippen molar-refractivity contribution in [3.05, 3.63) is 46.4 Å². The van der Waals surface area contributed by atoms with Crippen LogP contribution in [0.15, 0.2) is 36.0 Å². The van der Waals surface area contributed by atoms with E-state index < -0.39 is 0 Å². The van der Waals surface area contributed by atoms with Crippen molar-refractivity contribution in [1.29, 1.82) is 0 Å². The maximum atomic E-state index is 11.8. The third kappa shape index (κ3) is 3.71. The summed E-state index contributed by atoms with van der Waals surface area (Å²) in [6, 6.07) is 8.33. The fourth-order valence-electron chi connectivity index (χ4n) is 2.96. The normalized spacial score (nSPS) is 18.9. The Morgan fingerprint density at radius 1 is 1.35 bits per heavy atom. The van der Waals surface area contributed by atoms with Crippen LogP contribution in [0.25, 0.3) is 0 Å². The molecule has 23 heavy (non-hydrogen) atoms. The number of carbonyl (C=O) groups excluding carboxylic acids is 1. The van der Waals surface area contributed by atoms with Gasteiger partial charge in [0, 0.05) is 44.2 Å². The van der Waals surface area contributed by atoms with Crippen LogP contribution in [-0.4, -0.2) is 47.4 Å². The number of ether oxygens (including phenoxy) is 1. The van der Waals surface area contributed by atoms with Gasteiger partial charge in [0.15, 0.2) is 0 Å². The van der Waals surface area contributed by atoms with Crippen molar-refractivity contribution in [3.8, 4) is 5.75 Å². The van der Waals surface area contributed by atoms with Crippen LogP contribution in [0.1, 0.15) is 23.4 Å². The summed E-state index contributed by atoms with van der Waals surface area (Å²) in [4.78, 5) is 21.5. The predicted molar refractivity (Wildman–Crippen MR) is 90.5 cm³/mol. The third-order valence-corrected chi connectivity index (χ3v) is 5.04. The highest BCUT2D eigenvalue weighted by Gasteiger charge is 2.29. The highest BCUT2D eigenvalue weighted by atomic mass is 32.1. The van der Waals surface area contributed by atoms with Crippen LogP contribution in [0.4, 0.5) is 0 Å². The molecule has 0 N–H and O–H groups in total. The number of piperazine rings is 1. The summed E-state index contributed by atoms with van der Waals surface area (Å²) in [6.07, 6.45) is 1.92. The zero-order chi connectivity index (χ0) is 16.2. The van der Waals surface area contributed by atoms with Gasteiger partial charge in [-0.3, -0.25) is 14.7 Å². The first-order valence-electron chi connectivity index (χ1n) is 7.68. The van der Waals surface area contributed by atoms with E-state index in [-0.39, 0.29) is 11.9 Å². The molecule has 0 aliphatic carbocycles. The lowest BCUT2D eigenvalue weighted by atomic mass is 10.0. The summed E-state index contributed by atoms with van der Waals surface area (Å²) in [5.74, 6) is 0.989. The topological polar surface area (TPSA) is 45.7 Å². The molecule has 122 valence electrons. The van der Waals surface area contributed by atoms with Gasteiger partial charge in [0.05, 0.1) is 18.7 Å².